The Bertz CT molecular complexity index is 997. The van der Waals surface area contributed by atoms with Gasteiger partial charge in [0.25, 0.3) is 5.56 Å². The lowest BCUT2D eigenvalue weighted by molar-refractivity contribution is 0.388. The summed E-state index contributed by atoms with van der Waals surface area (Å²) in [6.07, 6.45) is 3.21. The second kappa shape index (κ2) is 6.37. The molecular formula is C19H18N2O3S. The van der Waals surface area contributed by atoms with E-state index in [1.807, 2.05) is 29.6 Å². The first-order valence-corrected chi connectivity index (χ1v) is 9.21. The number of aromatic hydroxyl groups is 1. The Hall–Kier alpha value is -2.60. The SMILES string of the molecule is O=c1cc(O)n(CCC2CC2)c(=O)n1-c1ccc(-c2cccs2)cc1. The van der Waals surface area contributed by atoms with E-state index in [1.165, 1.54) is 17.4 Å². The van der Waals surface area contributed by atoms with Crippen molar-refractivity contribution >= 4 is 11.3 Å². The van der Waals surface area contributed by atoms with Crippen molar-refractivity contribution in [2.75, 3.05) is 0 Å². The highest BCUT2D eigenvalue weighted by Crippen LogP contribution is 2.32. The highest BCUT2D eigenvalue weighted by molar-refractivity contribution is 7.13. The second-order valence-corrected chi connectivity index (χ2v) is 7.31. The topological polar surface area (TPSA) is 64.2 Å². The fourth-order valence-electron chi connectivity index (χ4n) is 2.95. The van der Waals surface area contributed by atoms with E-state index in [1.54, 1.807) is 23.5 Å². The maximum absolute atomic E-state index is 12.7. The van der Waals surface area contributed by atoms with Crippen molar-refractivity contribution in [2.24, 2.45) is 5.92 Å². The smallest absolute Gasteiger partial charge is 0.338 e. The molecule has 1 N–H and O–H groups in total. The molecule has 2 aromatic heterocycles. The summed E-state index contributed by atoms with van der Waals surface area (Å²) >= 11 is 1.64. The monoisotopic (exact) mass is 354 g/mol. The number of benzene rings is 1. The minimum atomic E-state index is -0.519. The van der Waals surface area contributed by atoms with Gasteiger partial charge in [0.05, 0.1) is 11.8 Å². The molecule has 4 rings (SSSR count). The van der Waals surface area contributed by atoms with Gasteiger partial charge in [0, 0.05) is 11.4 Å². The van der Waals surface area contributed by atoms with Gasteiger partial charge >= 0.3 is 5.69 Å². The van der Waals surface area contributed by atoms with Crippen molar-refractivity contribution in [2.45, 2.75) is 25.8 Å². The Morgan fingerprint density at radius 3 is 2.52 bits per heavy atom. The zero-order chi connectivity index (χ0) is 17.4. The Kier molecular flexibility index (Phi) is 4.05. The molecule has 1 aliphatic rings. The van der Waals surface area contributed by atoms with Gasteiger partial charge in [-0.2, -0.15) is 0 Å². The van der Waals surface area contributed by atoms with Crippen molar-refractivity contribution in [3.8, 4) is 22.0 Å². The first-order valence-electron chi connectivity index (χ1n) is 8.33. The summed E-state index contributed by atoms with van der Waals surface area (Å²) in [5.41, 5.74) is 0.540. The largest absolute Gasteiger partial charge is 0.494 e. The molecular weight excluding hydrogens is 336 g/mol. The first kappa shape index (κ1) is 15.9. The van der Waals surface area contributed by atoms with Crippen LogP contribution in [0.15, 0.2) is 57.4 Å². The van der Waals surface area contributed by atoms with Crippen LogP contribution >= 0.6 is 11.3 Å². The van der Waals surface area contributed by atoms with Crippen LogP contribution < -0.4 is 11.2 Å². The minimum absolute atomic E-state index is 0.262. The van der Waals surface area contributed by atoms with Crippen LogP contribution in [0.2, 0.25) is 0 Å². The van der Waals surface area contributed by atoms with Crippen molar-refractivity contribution < 1.29 is 5.11 Å². The number of hydrogen-bond donors (Lipinski definition) is 1. The van der Waals surface area contributed by atoms with Crippen molar-refractivity contribution in [3.63, 3.8) is 0 Å². The van der Waals surface area contributed by atoms with Gasteiger partial charge in [0.2, 0.25) is 5.88 Å². The van der Waals surface area contributed by atoms with Crippen molar-refractivity contribution in [1.29, 1.82) is 0 Å². The lowest BCUT2D eigenvalue weighted by atomic mass is 10.2. The van der Waals surface area contributed by atoms with Crippen molar-refractivity contribution in [3.05, 3.63) is 68.7 Å². The summed E-state index contributed by atoms with van der Waals surface area (Å²) < 4.78 is 2.40. The Morgan fingerprint density at radius 2 is 1.88 bits per heavy atom. The minimum Gasteiger partial charge on any atom is -0.494 e. The van der Waals surface area contributed by atoms with E-state index in [0.29, 0.717) is 18.2 Å². The molecule has 0 radical (unpaired) electrons. The number of hydrogen-bond acceptors (Lipinski definition) is 4. The number of aromatic nitrogens is 2. The predicted octanol–water partition coefficient (Wildman–Crippen LogP) is 3.23. The molecule has 0 spiro atoms. The van der Waals surface area contributed by atoms with E-state index in [2.05, 4.69) is 0 Å². The number of rotatable bonds is 5. The van der Waals surface area contributed by atoms with E-state index in [-0.39, 0.29) is 5.88 Å². The average molecular weight is 354 g/mol. The fourth-order valence-corrected chi connectivity index (χ4v) is 3.68. The maximum atomic E-state index is 12.7. The molecule has 5 nitrogen and oxygen atoms in total. The molecule has 1 aromatic carbocycles. The third-order valence-corrected chi connectivity index (χ3v) is 5.48. The average Bonchev–Trinajstić information content (AvgIpc) is 3.26. The molecule has 0 aliphatic heterocycles. The molecule has 2 heterocycles. The summed E-state index contributed by atoms with van der Waals surface area (Å²) in [5, 5.41) is 12.0. The van der Waals surface area contributed by atoms with Gasteiger partial charge in [-0.25, -0.2) is 9.36 Å². The lowest BCUT2D eigenvalue weighted by Crippen LogP contribution is -2.38. The predicted molar refractivity (Wildman–Crippen MR) is 98.6 cm³/mol. The molecule has 0 bridgehead atoms. The van der Waals surface area contributed by atoms with Crippen LogP contribution in [0.4, 0.5) is 0 Å². The Balaban J connectivity index is 1.72. The van der Waals surface area contributed by atoms with Crippen LogP contribution in [-0.2, 0) is 6.54 Å². The normalized spacial score (nSPS) is 13.9. The molecule has 0 unspecified atom stereocenters. The fraction of sp³-hybridized carbons (Fsp3) is 0.263. The molecule has 0 amide bonds. The summed E-state index contributed by atoms with van der Waals surface area (Å²) in [4.78, 5) is 26.1. The van der Waals surface area contributed by atoms with Gasteiger partial charge in [-0.05, 0) is 41.5 Å². The van der Waals surface area contributed by atoms with Crippen LogP contribution in [0.1, 0.15) is 19.3 Å². The van der Waals surface area contributed by atoms with E-state index in [4.69, 9.17) is 0 Å². The zero-order valence-corrected chi connectivity index (χ0v) is 14.4. The standard InChI is InChI=1S/C19H18N2O3S/c22-17-12-18(23)21(19(24)20(17)10-9-13-3-4-13)15-7-5-14(6-8-15)16-2-1-11-25-16/h1-2,5-8,11-13,22H,3-4,9-10H2. The van der Waals surface area contributed by atoms with Crippen LogP contribution in [0.3, 0.4) is 0 Å². The van der Waals surface area contributed by atoms with Gasteiger partial charge in [-0.1, -0.05) is 31.0 Å². The number of nitrogens with zero attached hydrogens (tertiary/aromatic N) is 2. The zero-order valence-electron chi connectivity index (χ0n) is 13.6. The molecule has 0 atom stereocenters. The summed E-state index contributed by atoms with van der Waals surface area (Å²) in [6.45, 7) is 0.433. The highest BCUT2D eigenvalue weighted by Gasteiger charge is 2.22. The molecule has 3 aromatic rings. The van der Waals surface area contributed by atoms with Gasteiger partial charge in [-0.3, -0.25) is 9.36 Å². The van der Waals surface area contributed by atoms with Gasteiger partial charge < -0.3 is 5.11 Å². The molecule has 1 fully saturated rings. The van der Waals surface area contributed by atoms with Gasteiger partial charge in [-0.15, -0.1) is 11.3 Å². The van der Waals surface area contributed by atoms with Crippen LogP contribution in [-0.4, -0.2) is 14.2 Å². The Labute approximate surface area is 148 Å². The van der Waals surface area contributed by atoms with E-state index in [0.717, 1.165) is 27.5 Å². The van der Waals surface area contributed by atoms with Gasteiger partial charge in [0.15, 0.2) is 0 Å². The quantitative estimate of drug-likeness (QED) is 0.765. The number of thiophene rings is 1. The Morgan fingerprint density at radius 1 is 1.12 bits per heavy atom. The third kappa shape index (κ3) is 3.17. The summed E-state index contributed by atoms with van der Waals surface area (Å²) in [6, 6.07) is 12.4. The van der Waals surface area contributed by atoms with Crippen LogP contribution in [0, 0.1) is 5.92 Å². The molecule has 128 valence electrons. The lowest BCUT2D eigenvalue weighted by Gasteiger charge is -2.12. The molecule has 1 aliphatic carbocycles. The van der Waals surface area contributed by atoms with E-state index in [9.17, 15) is 14.7 Å². The van der Waals surface area contributed by atoms with E-state index >= 15 is 0 Å². The van der Waals surface area contributed by atoms with Crippen LogP contribution in [0.25, 0.3) is 16.1 Å². The highest BCUT2D eigenvalue weighted by atomic mass is 32.1. The van der Waals surface area contributed by atoms with Crippen LogP contribution in [0.5, 0.6) is 5.88 Å². The van der Waals surface area contributed by atoms with Crippen molar-refractivity contribution in [1.82, 2.24) is 9.13 Å². The summed E-state index contributed by atoms with van der Waals surface area (Å²) in [7, 11) is 0. The summed E-state index contributed by atoms with van der Waals surface area (Å²) in [5.74, 6) is 0.374. The molecule has 25 heavy (non-hydrogen) atoms. The first-order chi connectivity index (χ1) is 12.1. The maximum Gasteiger partial charge on any atom is 0.338 e. The molecule has 1 saturated carbocycles. The third-order valence-electron chi connectivity index (χ3n) is 4.56. The molecule has 0 saturated heterocycles. The second-order valence-electron chi connectivity index (χ2n) is 6.37. The molecule has 6 heteroatoms. The van der Waals surface area contributed by atoms with Gasteiger partial charge in [0.1, 0.15) is 0 Å². The van der Waals surface area contributed by atoms with E-state index < -0.39 is 11.2 Å².